The van der Waals surface area contributed by atoms with Crippen molar-refractivity contribution in [3.8, 4) is 0 Å². The summed E-state index contributed by atoms with van der Waals surface area (Å²) >= 11 is 0. The summed E-state index contributed by atoms with van der Waals surface area (Å²) in [5, 5.41) is 3.12. The van der Waals surface area contributed by atoms with Crippen molar-refractivity contribution in [2.45, 2.75) is 32.9 Å². The summed E-state index contributed by atoms with van der Waals surface area (Å²) in [6.45, 7) is 6.17. The van der Waals surface area contributed by atoms with Crippen LogP contribution in [0, 0.1) is 6.92 Å². The van der Waals surface area contributed by atoms with Gasteiger partial charge in [-0.1, -0.05) is 60.2 Å². The lowest BCUT2D eigenvalue weighted by Gasteiger charge is -2.22. The first kappa shape index (κ1) is 18.9. The molecule has 0 aliphatic rings. The summed E-state index contributed by atoms with van der Waals surface area (Å²) in [5.41, 5.74) is 4.99. The zero-order valence-electron chi connectivity index (χ0n) is 17.0. The molecule has 2 atom stereocenters. The number of amides is 1. The van der Waals surface area contributed by atoms with Crippen LogP contribution in [-0.2, 0) is 0 Å². The molecule has 0 fully saturated rings. The third kappa shape index (κ3) is 3.79. The first-order valence-corrected chi connectivity index (χ1v) is 9.94. The fraction of sp³-hybridized carbons (Fsp3) is 0.200. The highest BCUT2D eigenvalue weighted by Gasteiger charge is 2.22. The number of nitrogens with one attached hydrogen (secondary N) is 1. The van der Waals surface area contributed by atoms with E-state index in [9.17, 15) is 4.79 Å². The van der Waals surface area contributed by atoms with Gasteiger partial charge in [0.2, 0.25) is 0 Å². The summed E-state index contributed by atoms with van der Waals surface area (Å²) in [7, 11) is 0. The van der Waals surface area contributed by atoms with Gasteiger partial charge in [-0.15, -0.1) is 0 Å². The van der Waals surface area contributed by atoms with Crippen molar-refractivity contribution in [3.05, 3.63) is 101 Å². The molecule has 4 heteroatoms. The minimum Gasteiger partial charge on any atom is -0.342 e. The third-order valence-electron chi connectivity index (χ3n) is 5.34. The van der Waals surface area contributed by atoms with E-state index in [4.69, 9.17) is 4.98 Å². The van der Waals surface area contributed by atoms with Crippen LogP contribution in [0.15, 0.2) is 78.9 Å². The van der Waals surface area contributed by atoms with Crippen molar-refractivity contribution in [1.82, 2.24) is 14.9 Å². The molecule has 0 saturated heterocycles. The normalized spacial score (nSPS) is 13.2. The summed E-state index contributed by atoms with van der Waals surface area (Å²) < 4.78 is 2.23. The Morgan fingerprint density at radius 1 is 0.897 bits per heavy atom. The van der Waals surface area contributed by atoms with Crippen molar-refractivity contribution < 1.29 is 4.79 Å². The molecule has 1 N–H and O–H groups in total. The topological polar surface area (TPSA) is 46.9 Å². The van der Waals surface area contributed by atoms with Gasteiger partial charge >= 0.3 is 0 Å². The molecule has 4 aromatic rings. The molecule has 0 spiro atoms. The molecule has 0 saturated carbocycles. The van der Waals surface area contributed by atoms with E-state index in [1.54, 1.807) is 0 Å². The van der Waals surface area contributed by atoms with E-state index >= 15 is 0 Å². The minimum atomic E-state index is -0.234. The monoisotopic (exact) mass is 383 g/mol. The Morgan fingerprint density at radius 3 is 2.28 bits per heavy atom. The van der Waals surface area contributed by atoms with Crippen LogP contribution in [0.1, 0.15) is 53.2 Å². The predicted octanol–water partition coefficient (Wildman–Crippen LogP) is 5.45. The van der Waals surface area contributed by atoms with Gasteiger partial charge < -0.3 is 9.88 Å². The van der Waals surface area contributed by atoms with E-state index in [0.29, 0.717) is 5.56 Å². The van der Waals surface area contributed by atoms with Crippen LogP contribution in [0.4, 0.5) is 0 Å². The van der Waals surface area contributed by atoms with Crippen LogP contribution in [-0.4, -0.2) is 15.5 Å². The third-order valence-corrected chi connectivity index (χ3v) is 5.34. The number of hydrogen-bond acceptors (Lipinski definition) is 2. The fourth-order valence-electron chi connectivity index (χ4n) is 3.71. The van der Waals surface area contributed by atoms with E-state index in [1.165, 1.54) is 5.56 Å². The molecule has 3 aromatic carbocycles. The van der Waals surface area contributed by atoms with Crippen LogP contribution in [0.25, 0.3) is 11.0 Å². The molecule has 2 unspecified atom stereocenters. The number of para-hydroxylation sites is 2. The number of hydrogen-bond donors (Lipinski definition) is 1. The standard InChI is InChI=1S/C25H25N3O/c1-17-13-15-21(16-14-17)25(29)26-18(2)24-27-22-11-7-8-12-23(22)28(24)19(3)20-9-5-4-6-10-20/h4-16,18-19H,1-3H3,(H,26,29). The van der Waals surface area contributed by atoms with E-state index in [-0.39, 0.29) is 18.0 Å². The van der Waals surface area contributed by atoms with Gasteiger partial charge in [0, 0.05) is 5.56 Å². The van der Waals surface area contributed by atoms with E-state index < -0.39 is 0 Å². The van der Waals surface area contributed by atoms with Crippen LogP contribution in [0.2, 0.25) is 0 Å². The molecule has 29 heavy (non-hydrogen) atoms. The largest absolute Gasteiger partial charge is 0.342 e. The number of nitrogens with zero attached hydrogens (tertiary/aromatic N) is 2. The molecule has 1 heterocycles. The van der Waals surface area contributed by atoms with Gasteiger partial charge in [0.15, 0.2) is 0 Å². The average molecular weight is 383 g/mol. The van der Waals surface area contributed by atoms with Crippen molar-refractivity contribution >= 4 is 16.9 Å². The Labute approximate surface area is 171 Å². The lowest BCUT2D eigenvalue weighted by Crippen LogP contribution is -2.29. The Hall–Kier alpha value is -3.40. The minimum absolute atomic E-state index is 0.0940. The molecule has 0 aliphatic carbocycles. The lowest BCUT2D eigenvalue weighted by molar-refractivity contribution is 0.0937. The second-order valence-electron chi connectivity index (χ2n) is 7.48. The maximum atomic E-state index is 12.8. The summed E-state index contributed by atoms with van der Waals surface area (Å²) in [6.07, 6.45) is 0. The van der Waals surface area contributed by atoms with Gasteiger partial charge in [0.1, 0.15) is 5.82 Å². The molecule has 4 nitrogen and oxygen atoms in total. The van der Waals surface area contributed by atoms with Crippen LogP contribution >= 0.6 is 0 Å². The van der Waals surface area contributed by atoms with Crippen molar-refractivity contribution in [3.63, 3.8) is 0 Å². The molecular formula is C25H25N3O. The molecule has 1 aromatic heterocycles. The number of carbonyl (C=O) groups is 1. The SMILES string of the molecule is Cc1ccc(C(=O)NC(C)c2nc3ccccc3n2C(C)c2ccccc2)cc1. The number of fused-ring (bicyclic) bond motifs is 1. The van der Waals surface area contributed by atoms with Gasteiger partial charge in [0.25, 0.3) is 5.91 Å². The maximum absolute atomic E-state index is 12.8. The number of benzene rings is 3. The Morgan fingerprint density at radius 2 is 1.55 bits per heavy atom. The van der Waals surface area contributed by atoms with Gasteiger partial charge in [-0.3, -0.25) is 4.79 Å². The fourth-order valence-corrected chi connectivity index (χ4v) is 3.71. The predicted molar refractivity (Wildman–Crippen MR) is 117 cm³/mol. The summed E-state index contributed by atoms with van der Waals surface area (Å²) in [5.74, 6) is 0.756. The quantitative estimate of drug-likeness (QED) is 0.498. The molecule has 0 radical (unpaired) electrons. The summed E-state index contributed by atoms with van der Waals surface area (Å²) in [4.78, 5) is 17.6. The Kier molecular flexibility index (Phi) is 5.17. The van der Waals surface area contributed by atoms with Gasteiger partial charge in [-0.05, 0) is 50.6 Å². The number of aryl methyl sites for hydroxylation is 1. The zero-order valence-corrected chi connectivity index (χ0v) is 17.0. The molecule has 0 bridgehead atoms. The lowest BCUT2D eigenvalue weighted by atomic mass is 10.1. The van der Waals surface area contributed by atoms with Crippen LogP contribution in [0.3, 0.4) is 0 Å². The van der Waals surface area contributed by atoms with E-state index in [1.807, 2.05) is 74.5 Å². The highest BCUT2D eigenvalue weighted by Crippen LogP contribution is 2.29. The number of aromatic nitrogens is 2. The van der Waals surface area contributed by atoms with Crippen LogP contribution in [0.5, 0.6) is 0 Å². The molecule has 146 valence electrons. The highest BCUT2D eigenvalue weighted by molar-refractivity contribution is 5.94. The summed E-state index contributed by atoms with van der Waals surface area (Å²) in [6, 6.07) is 26.0. The van der Waals surface area contributed by atoms with E-state index in [2.05, 4.69) is 35.0 Å². The van der Waals surface area contributed by atoms with Gasteiger partial charge in [0.05, 0.1) is 23.1 Å². The molecule has 0 aliphatic heterocycles. The smallest absolute Gasteiger partial charge is 0.251 e. The van der Waals surface area contributed by atoms with Crippen molar-refractivity contribution in [2.75, 3.05) is 0 Å². The number of rotatable bonds is 5. The maximum Gasteiger partial charge on any atom is 0.251 e. The average Bonchev–Trinajstić information content (AvgIpc) is 3.14. The number of carbonyl (C=O) groups excluding carboxylic acids is 1. The zero-order chi connectivity index (χ0) is 20.4. The Balaban J connectivity index is 1.71. The second kappa shape index (κ2) is 7.92. The van der Waals surface area contributed by atoms with E-state index in [0.717, 1.165) is 22.4 Å². The second-order valence-corrected chi connectivity index (χ2v) is 7.48. The van der Waals surface area contributed by atoms with Gasteiger partial charge in [-0.2, -0.15) is 0 Å². The highest BCUT2D eigenvalue weighted by atomic mass is 16.1. The Bertz CT molecular complexity index is 1130. The molecular weight excluding hydrogens is 358 g/mol. The van der Waals surface area contributed by atoms with Crippen LogP contribution < -0.4 is 5.32 Å². The van der Waals surface area contributed by atoms with Gasteiger partial charge in [-0.25, -0.2) is 4.98 Å². The molecule has 1 amide bonds. The first-order valence-electron chi connectivity index (χ1n) is 9.94. The van der Waals surface area contributed by atoms with Crippen molar-refractivity contribution in [1.29, 1.82) is 0 Å². The molecule has 4 rings (SSSR count). The number of imidazole rings is 1. The van der Waals surface area contributed by atoms with Crippen molar-refractivity contribution in [2.24, 2.45) is 0 Å². The first-order chi connectivity index (χ1) is 14.0.